The number of rotatable bonds is 5. The maximum atomic E-state index is 13.5. The van der Waals surface area contributed by atoms with Crippen LogP contribution in [-0.4, -0.2) is 39.9 Å². The van der Waals surface area contributed by atoms with Gasteiger partial charge in [0, 0.05) is 25.7 Å². The number of aromatic nitrogens is 2. The van der Waals surface area contributed by atoms with Crippen LogP contribution >= 0.6 is 0 Å². The van der Waals surface area contributed by atoms with E-state index in [1.165, 1.54) is 12.4 Å². The van der Waals surface area contributed by atoms with E-state index in [0.29, 0.717) is 31.5 Å². The van der Waals surface area contributed by atoms with Crippen LogP contribution in [0.3, 0.4) is 0 Å². The molecular weight excluding hydrogens is 283 g/mol. The number of carbonyl (C=O) groups is 1. The first-order valence-electron chi connectivity index (χ1n) is 7.26. The van der Waals surface area contributed by atoms with E-state index in [2.05, 4.69) is 15.3 Å². The Labute approximate surface area is 128 Å². The average Bonchev–Trinajstić information content (AvgIpc) is 2.50. The predicted molar refractivity (Wildman–Crippen MR) is 80.7 cm³/mol. The minimum atomic E-state index is -0.248. The Morgan fingerprint density at radius 3 is 2.86 bits per heavy atom. The number of likely N-dealkylation sites (tertiary alicyclic amines) is 1. The molecule has 1 N–H and O–H groups in total. The molecule has 114 valence electrons. The van der Waals surface area contributed by atoms with E-state index in [0.717, 1.165) is 5.82 Å². The van der Waals surface area contributed by atoms with Crippen LogP contribution in [0.5, 0.6) is 0 Å². The molecule has 0 radical (unpaired) electrons. The third-order valence-electron chi connectivity index (χ3n) is 3.73. The summed E-state index contributed by atoms with van der Waals surface area (Å²) in [5, 5.41) is 3.24. The number of aryl methyl sites for hydroxylation is 1. The maximum absolute atomic E-state index is 13.5. The minimum absolute atomic E-state index is 0.0593. The molecule has 1 aliphatic rings. The van der Waals surface area contributed by atoms with Gasteiger partial charge in [0.15, 0.2) is 0 Å². The number of amides is 1. The normalized spacial score (nSPS) is 14.5. The van der Waals surface area contributed by atoms with E-state index in [4.69, 9.17) is 0 Å². The zero-order chi connectivity index (χ0) is 15.4. The van der Waals surface area contributed by atoms with Gasteiger partial charge in [-0.25, -0.2) is 14.4 Å². The summed E-state index contributed by atoms with van der Waals surface area (Å²) in [7, 11) is 0. The van der Waals surface area contributed by atoms with Crippen molar-refractivity contribution in [3.8, 4) is 0 Å². The Hall–Kier alpha value is -2.50. The lowest BCUT2D eigenvalue weighted by Gasteiger charge is -2.39. The number of carbonyl (C=O) groups excluding carboxylic acids is 1. The molecule has 0 spiro atoms. The molecule has 2 aromatic rings. The van der Waals surface area contributed by atoms with Gasteiger partial charge in [0.2, 0.25) is 5.91 Å². The second-order valence-electron chi connectivity index (χ2n) is 5.33. The fourth-order valence-corrected chi connectivity index (χ4v) is 2.46. The van der Waals surface area contributed by atoms with Crippen molar-refractivity contribution in [2.24, 2.45) is 0 Å². The van der Waals surface area contributed by atoms with Crippen LogP contribution in [-0.2, 0) is 11.2 Å². The van der Waals surface area contributed by atoms with Gasteiger partial charge in [-0.1, -0.05) is 18.2 Å². The smallest absolute Gasteiger partial charge is 0.223 e. The standard InChI is InChI=1S/C16H17FN4O/c17-14-4-2-1-3-12(14)5-6-16(22)21-9-13(10-21)20-15-7-8-18-11-19-15/h1-4,7-8,11,13H,5-6,9-10H2,(H,18,19,20). The molecular formula is C16H17FN4O. The molecule has 1 aromatic heterocycles. The first-order chi connectivity index (χ1) is 10.7. The monoisotopic (exact) mass is 300 g/mol. The van der Waals surface area contributed by atoms with Crippen LogP contribution in [0.1, 0.15) is 12.0 Å². The van der Waals surface area contributed by atoms with Crippen LogP contribution in [0, 0.1) is 5.82 Å². The summed E-state index contributed by atoms with van der Waals surface area (Å²) in [6.45, 7) is 1.31. The van der Waals surface area contributed by atoms with Crippen LogP contribution in [0.2, 0.25) is 0 Å². The molecule has 0 saturated carbocycles. The molecule has 0 unspecified atom stereocenters. The summed E-state index contributed by atoms with van der Waals surface area (Å²) in [6, 6.07) is 8.59. The highest BCUT2D eigenvalue weighted by Gasteiger charge is 2.30. The van der Waals surface area contributed by atoms with Crippen molar-refractivity contribution in [3.63, 3.8) is 0 Å². The number of hydrogen-bond donors (Lipinski definition) is 1. The second kappa shape index (κ2) is 6.51. The number of halogens is 1. The molecule has 1 aromatic carbocycles. The SMILES string of the molecule is O=C(CCc1ccccc1F)N1CC(Nc2ccncn2)C1. The van der Waals surface area contributed by atoms with Gasteiger partial charge >= 0.3 is 0 Å². The number of nitrogens with one attached hydrogen (secondary N) is 1. The molecule has 0 bridgehead atoms. The van der Waals surface area contributed by atoms with Gasteiger partial charge in [0.25, 0.3) is 0 Å². The largest absolute Gasteiger partial charge is 0.364 e. The van der Waals surface area contributed by atoms with E-state index < -0.39 is 0 Å². The quantitative estimate of drug-likeness (QED) is 0.916. The van der Waals surface area contributed by atoms with E-state index >= 15 is 0 Å². The molecule has 2 heterocycles. The Kier molecular flexibility index (Phi) is 4.27. The van der Waals surface area contributed by atoms with Gasteiger partial charge in [-0.3, -0.25) is 4.79 Å². The average molecular weight is 300 g/mol. The van der Waals surface area contributed by atoms with Gasteiger partial charge in [0.1, 0.15) is 18.0 Å². The van der Waals surface area contributed by atoms with Crippen molar-refractivity contribution in [3.05, 3.63) is 54.2 Å². The second-order valence-corrected chi connectivity index (χ2v) is 5.33. The summed E-state index contributed by atoms with van der Waals surface area (Å²) in [6.07, 6.45) is 3.93. The van der Waals surface area contributed by atoms with Crippen LogP contribution in [0.25, 0.3) is 0 Å². The van der Waals surface area contributed by atoms with Crippen molar-refractivity contribution in [1.29, 1.82) is 0 Å². The lowest BCUT2D eigenvalue weighted by Crippen LogP contribution is -2.57. The van der Waals surface area contributed by atoms with Gasteiger partial charge < -0.3 is 10.2 Å². The molecule has 6 heteroatoms. The van der Waals surface area contributed by atoms with Gasteiger partial charge in [-0.2, -0.15) is 0 Å². The van der Waals surface area contributed by atoms with Crippen LogP contribution < -0.4 is 5.32 Å². The third kappa shape index (κ3) is 3.39. The lowest BCUT2D eigenvalue weighted by molar-refractivity contribution is -0.135. The van der Waals surface area contributed by atoms with E-state index in [1.54, 1.807) is 35.4 Å². The summed E-state index contributed by atoms with van der Waals surface area (Å²) in [5.74, 6) is 0.574. The lowest BCUT2D eigenvalue weighted by atomic mass is 10.1. The molecule has 0 atom stereocenters. The van der Waals surface area contributed by atoms with Crippen molar-refractivity contribution in [1.82, 2.24) is 14.9 Å². The van der Waals surface area contributed by atoms with Crippen molar-refractivity contribution in [2.45, 2.75) is 18.9 Å². The highest BCUT2D eigenvalue weighted by Crippen LogP contribution is 2.16. The topological polar surface area (TPSA) is 58.1 Å². The summed E-state index contributed by atoms with van der Waals surface area (Å²) < 4.78 is 13.5. The summed E-state index contributed by atoms with van der Waals surface area (Å²) >= 11 is 0. The predicted octanol–water partition coefficient (Wildman–Crippen LogP) is 1.87. The van der Waals surface area contributed by atoms with Crippen molar-refractivity contribution in [2.75, 3.05) is 18.4 Å². The van der Waals surface area contributed by atoms with Crippen LogP contribution in [0.4, 0.5) is 10.2 Å². The zero-order valence-corrected chi connectivity index (χ0v) is 12.1. The summed E-state index contributed by atoms with van der Waals surface area (Å²) in [5.41, 5.74) is 0.590. The number of benzene rings is 1. The Morgan fingerprint density at radius 2 is 2.14 bits per heavy atom. The molecule has 1 amide bonds. The molecule has 3 rings (SSSR count). The Bertz CT molecular complexity index is 644. The van der Waals surface area contributed by atoms with Gasteiger partial charge in [-0.15, -0.1) is 0 Å². The van der Waals surface area contributed by atoms with E-state index in [-0.39, 0.29) is 17.8 Å². The first-order valence-corrected chi connectivity index (χ1v) is 7.26. The number of nitrogens with zero attached hydrogens (tertiary/aromatic N) is 3. The Morgan fingerprint density at radius 1 is 1.32 bits per heavy atom. The van der Waals surface area contributed by atoms with E-state index in [1.807, 2.05) is 0 Å². The Balaban J connectivity index is 1.43. The van der Waals surface area contributed by atoms with Crippen LogP contribution in [0.15, 0.2) is 42.9 Å². The maximum Gasteiger partial charge on any atom is 0.223 e. The van der Waals surface area contributed by atoms with Crippen molar-refractivity contribution >= 4 is 11.7 Å². The first kappa shape index (κ1) is 14.4. The molecule has 1 fully saturated rings. The van der Waals surface area contributed by atoms with Crippen molar-refractivity contribution < 1.29 is 9.18 Å². The highest BCUT2D eigenvalue weighted by atomic mass is 19.1. The molecule has 0 aliphatic carbocycles. The molecule has 1 saturated heterocycles. The number of hydrogen-bond acceptors (Lipinski definition) is 4. The van der Waals surface area contributed by atoms with E-state index in [9.17, 15) is 9.18 Å². The highest BCUT2D eigenvalue weighted by molar-refractivity contribution is 5.77. The fourth-order valence-electron chi connectivity index (χ4n) is 2.46. The van der Waals surface area contributed by atoms with Gasteiger partial charge in [-0.05, 0) is 24.1 Å². The van der Waals surface area contributed by atoms with Gasteiger partial charge in [0.05, 0.1) is 6.04 Å². The molecule has 1 aliphatic heterocycles. The number of anilines is 1. The molecule has 5 nitrogen and oxygen atoms in total. The molecule has 22 heavy (non-hydrogen) atoms. The fraction of sp³-hybridized carbons (Fsp3) is 0.312. The minimum Gasteiger partial charge on any atom is -0.364 e. The third-order valence-corrected chi connectivity index (χ3v) is 3.73. The zero-order valence-electron chi connectivity index (χ0n) is 12.1. The summed E-state index contributed by atoms with van der Waals surface area (Å²) in [4.78, 5) is 21.8.